The second-order valence-corrected chi connectivity index (χ2v) is 6.08. The molecular weight excluding hydrogens is 342 g/mol. The lowest BCUT2D eigenvalue weighted by Crippen LogP contribution is -2.29. The number of aryl methyl sites for hydroxylation is 1. The molecule has 0 spiro atoms. The van der Waals surface area contributed by atoms with Crippen molar-refractivity contribution in [1.82, 2.24) is 20.2 Å². The summed E-state index contributed by atoms with van der Waals surface area (Å²) in [7, 11) is 0. The molecule has 0 radical (unpaired) electrons. The molecule has 0 aliphatic heterocycles. The molecule has 0 aliphatic rings. The highest BCUT2D eigenvalue weighted by atomic mass is 16.2. The minimum Gasteiger partial charge on any atom is -0.267 e. The van der Waals surface area contributed by atoms with Crippen molar-refractivity contribution >= 4 is 22.9 Å². The summed E-state index contributed by atoms with van der Waals surface area (Å²) in [5.41, 5.74) is 3.09. The number of hydrogen-bond acceptors (Lipinski definition) is 5. The maximum atomic E-state index is 12.6. The lowest BCUT2D eigenvalue weighted by atomic mass is 10.1. The quantitative estimate of drug-likeness (QED) is 0.397. The minimum atomic E-state index is -0.470. The van der Waals surface area contributed by atoms with Gasteiger partial charge in [0.1, 0.15) is 0 Å². The predicted molar refractivity (Wildman–Crippen MR) is 105 cm³/mol. The van der Waals surface area contributed by atoms with Crippen LogP contribution in [0.4, 0.5) is 0 Å². The number of aromatic nitrogens is 3. The first-order chi connectivity index (χ1) is 13.2. The normalized spacial score (nSPS) is 11.1. The van der Waals surface area contributed by atoms with Gasteiger partial charge in [0.2, 0.25) is 0 Å². The molecule has 3 aromatic rings. The standard InChI is InChI=1S/C20H21N5O2/c1-2-3-8-13-25-20(27)17-11-5-4-10-16(17)18(24-25)19(26)23-22-14-15-9-6-7-12-21-15/h4-7,9-12,14H,2-3,8,13H2,1H3,(H,23,26)/b22-14-. The predicted octanol–water partition coefficient (Wildman–Crippen LogP) is 2.75. The van der Waals surface area contributed by atoms with Crippen LogP contribution in [-0.2, 0) is 6.54 Å². The summed E-state index contributed by atoms with van der Waals surface area (Å²) in [6.45, 7) is 2.57. The number of rotatable bonds is 7. The van der Waals surface area contributed by atoms with Gasteiger partial charge in [0.05, 0.1) is 17.3 Å². The number of carbonyl (C=O) groups is 1. The summed E-state index contributed by atoms with van der Waals surface area (Å²) in [5.74, 6) is -0.470. The van der Waals surface area contributed by atoms with Gasteiger partial charge in [-0.05, 0) is 24.6 Å². The molecule has 7 nitrogen and oxygen atoms in total. The van der Waals surface area contributed by atoms with Crippen molar-refractivity contribution < 1.29 is 4.79 Å². The van der Waals surface area contributed by atoms with Crippen LogP contribution >= 0.6 is 0 Å². The highest BCUT2D eigenvalue weighted by Crippen LogP contribution is 2.13. The zero-order valence-electron chi connectivity index (χ0n) is 15.1. The number of nitrogens with zero attached hydrogens (tertiary/aromatic N) is 4. The maximum Gasteiger partial charge on any atom is 0.292 e. The Morgan fingerprint density at radius 3 is 2.67 bits per heavy atom. The summed E-state index contributed by atoms with van der Waals surface area (Å²) < 4.78 is 1.37. The third-order valence-corrected chi connectivity index (χ3v) is 4.11. The molecule has 0 unspecified atom stereocenters. The van der Waals surface area contributed by atoms with E-state index in [2.05, 4.69) is 27.5 Å². The molecule has 0 saturated carbocycles. The van der Waals surface area contributed by atoms with E-state index in [1.54, 1.807) is 42.6 Å². The fourth-order valence-electron chi connectivity index (χ4n) is 2.73. The van der Waals surface area contributed by atoms with Crippen LogP contribution in [-0.4, -0.2) is 26.9 Å². The van der Waals surface area contributed by atoms with Gasteiger partial charge in [-0.1, -0.05) is 44.0 Å². The Balaban J connectivity index is 1.89. The molecule has 0 fully saturated rings. The first-order valence-corrected chi connectivity index (χ1v) is 8.95. The van der Waals surface area contributed by atoms with Gasteiger partial charge in [0.25, 0.3) is 11.5 Å². The van der Waals surface area contributed by atoms with Crippen LogP contribution in [0, 0.1) is 0 Å². The second kappa shape index (κ2) is 8.84. The third-order valence-electron chi connectivity index (χ3n) is 4.11. The van der Waals surface area contributed by atoms with Gasteiger partial charge >= 0.3 is 0 Å². The molecule has 0 saturated heterocycles. The SMILES string of the molecule is CCCCCn1nc(C(=O)N/N=C\c2ccccn2)c2ccccc2c1=O. The van der Waals surface area contributed by atoms with Gasteiger partial charge in [0.15, 0.2) is 5.69 Å². The highest BCUT2D eigenvalue weighted by Gasteiger charge is 2.16. The van der Waals surface area contributed by atoms with Gasteiger partial charge in [-0.3, -0.25) is 14.6 Å². The van der Waals surface area contributed by atoms with Crippen LogP contribution < -0.4 is 11.0 Å². The largest absolute Gasteiger partial charge is 0.292 e. The van der Waals surface area contributed by atoms with Gasteiger partial charge in [-0.2, -0.15) is 10.2 Å². The summed E-state index contributed by atoms with van der Waals surface area (Å²) in [5, 5.41) is 9.23. The Morgan fingerprint density at radius 1 is 1.15 bits per heavy atom. The first kappa shape index (κ1) is 18.4. The van der Waals surface area contributed by atoms with E-state index in [-0.39, 0.29) is 11.3 Å². The Kier molecular flexibility index (Phi) is 6.04. The lowest BCUT2D eigenvalue weighted by Gasteiger charge is -2.10. The number of hydrogen-bond donors (Lipinski definition) is 1. The van der Waals surface area contributed by atoms with Crippen molar-refractivity contribution in [2.45, 2.75) is 32.7 Å². The smallest absolute Gasteiger partial charge is 0.267 e. The zero-order chi connectivity index (χ0) is 19.1. The molecule has 2 aromatic heterocycles. The summed E-state index contributed by atoms with van der Waals surface area (Å²) in [6.07, 6.45) is 5.97. The summed E-state index contributed by atoms with van der Waals surface area (Å²) >= 11 is 0. The minimum absolute atomic E-state index is 0.180. The van der Waals surface area contributed by atoms with E-state index >= 15 is 0 Å². The van der Waals surface area contributed by atoms with Gasteiger partial charge in [-0.15, -0.1) is 0 Å². The topological polar surface area (TPSA) is 89.2 Å². The molecule has 2 heterocycles. The number of fused-ring (bicyclic) bond motifs is 1. The molecule has 1 N–H and O–H groups in total. The third kappa shape index (κ3) is 4.44. The van der Waals surface area contributed by atoms with Crippen LogP contribution in [0.25, 0.3) is 10.8 Å². The van der Waals surface area contributed by atoms with E-state index < -0.39 is 5.91 Å². The average molecular weight is 363 g/mol. The number of benzene rings is 1. The van der Waals surface area contributed by atoms with Crippen molar-refractivity contribution in [3.05, 3.63) is 70.4 Å². The monoisotopic (exact) mass is 363 g/mol. The fourth-order valence-corrected chi connectivity index (χ4v) is 2.73. The molecule has 1 amide bonds. The molecule has 0 atom stereocenters. The van der Waals surface area contributed by atoms with E-state index in [0.717, 1.165) is 19.3 Å². The molecule has 1 aromatic carbocycles. The average Bonchev–Trinajstić information content (AvgIpc) is 2.70. The number of amides is 1. The Hall–Kier alpha value is -3.35. The van der Waals surface area contributed by atoms with Crippen LogP contribution in [0.5, 0.6) is 0 Å². The van der Waals surface area contributed by atoms with E-state index in [0.29, 0.717) is 23.0 Å². The summed E-state index contributed by atoms with van der Waals surface area (Å²) in [4.78, 5) is 29.4. The van der Waals surface area contributed by atoms with E-state index in [1.165, 1.54) is 10.9 Å². The van der Waals surface area contributed by atoms with E-state index in [1.807, 2.05) is 6.07 Å². The molecule has 7 heteroatoms. The van der Waals surface area contributed by atoms with E-state index in [4.69, 9.17) is 0 Å². The van der Waals surface area contributed by atoms with Crippen LogP contribution in [0.3, 0.4) is 0 Å². The number of carbonyl (C=O) groups excluding carboxylic acids is 1. The van der Waals surface area contributed by atoms with Crippen LogP contribution in [0.2, 0.25) is 0 Å². The molecule has 3 rings (SSSR count). The van der Waals surface area contributed by atoms with Gasteiger partial charge in [-0.25, -0.2) is 10.1 Å². The lowest BCUT2D eigenvalue weighted by molar-refractivity contribution is 0.0949. The number of pyridine rings is 1. The number of nitrogens with one attached hydrogen (secondary N) is 1. The Morgan fingerprint density at radius 2 is 1.93 bits per heavy atom. The van der Waals surface area contributed by atoms with Crippen molar-refractivity contribution in [3.8, 4) is 0 Å². The highest BCUT2D eigenvalue weighted by molar-refractivity contribution is 6.04. The Bertz CT molecular complexity index is 1010. The van der Waals surface area contributed by atoms with E-state index in [9.17, 15) is 9.59 Å². The Labute approximate surface area is 156 Å². The molecule has 27 heavy (non-hydrogen) atoms. The van der Waals surface area contributed by atoms with Gasteiger partial charge < -0.3 is 0 Å². The first-order valence-electron chi connectivity index (χ1n) is 8.95. The fraction of sp³-hybridized carbons (Fsp3) is 0.250. The maximum absolute atomic E-state index is 12.6. The number of unbranched alkanes of at least 4 members (excludes halogenated alkanes) is 2. The molecular formula is C20H21N5O2. The molecule has 0 bridgehead atoms. The van der Waals surface area contributed by atoms with Crippen LogP contribution in [0.1, 0.15) is 42.4 Å². The van der Waals surface area contributed by atoms with Crippen molar-refractivity contribution in [1.29, 1.82) is 0 Å². The number of hydrazone groups is 1. The van der Waals surface area contributed by atoms with Crippen molar-refractivity contribution in [2.24, 2.45) is 5.10 Å². The summed E-state index contributed by atoms with van der Waals surface area (Å²) in [6, 6.07) is 12.4. The second-order valence-electron chi connectivity index (χ2n) is 6.08. The van der Waals surface area contributed by atoms with Crippen molar-refractivity contribution in [2.75, 3.05) is 0 Å². The van der Waals surface area contributed by atoms with Crippen molar-refractivity contribution in [3.63, 3.8) is 0 Å². The molecule has 138 valence electrons. The zero-order valence-corrected chi connectivity index (χ0v) is 15.1. The van der Waals surface area contributed by atoms with Gasteiger partial charge in [0, 0.05) is 18.1 Å². The molecule has 0 aliphatic carbocycles. The van der Waals surface area contributed by atoms with Crippen LogP contribution in [0.15, 0.2) is 58.6 Å².